The third-order valence-corrected chi connectivity index (χ3v) is 11.7. The van der Waals surface area contributed by atoms with E-state index >= 15 is 0 Å². The second kappa shape index (κ2) is 7.75. The van der Waals surface area contributed by atoms with Crippen molar-refractivity contribution in [2.45, 2.75) is 126 Å². The molecular formula is C30H50O. The zero-order valence-corrected chi connectivity index (χ0v) is 21.9. The van der Waals surface area contributed by atoms with Crippen LogP contribution in [0, 0.1) is 39.4 Å². The predicted octanol–water partition coefficient (Wildman–Crippen LogP) is 8.48. The van der Waals surface area contributed by atoms with Gasteiger partial charge in [0.2, 0.25) is 0 Å². The number of rotatable bonds is 4. The normalized spacial score (nSPS) is 44.9. The summed E-state index contributed by atoms with van der Waals surface area (Å²) in [7, 11) is 0. The van der Waals surface area contributed by atoms with Gasteiger partial charge in [0.25, 0.3) is 0 Å². The van der Waals surface area contributed by atoms with Crippen molar-refractivity contribution < 1.29 is 5.11 Å². The fourth-order valence-corrected chi connectivity index (χ4v) is 9.47. The summed E-state index contributed by atoms with van der Waals surface area (Å²) in [5.41, 5.74) is 6.41. The van der Waals surface area contributed by atoms with Gasteiger partial charge in [-0.15, -0.1) is 0 Å². The lowest BCUT2D eigenvalue weighted by Gasteiger charge is -2.62. The summed E-state index contributed by atoms with van der Waals surface area (Å²) >= 11 is 0. The molecular weight excluding hydrogens is 376 g/mol. The SMILES string of the molecule is CC(C)=CCC[C@H](C)[C@@H]1CC[C@]2(C)C3=C(CC[C@@]12C)[C@@]1(C)CC[C@H](O)C(C)(C)[C@@H]1CC3. The monoisotopic (exact) mass is 426 g/mol. The van der Waals surface area contributed by atoms with Crippen LogP contribution in [0.15, 0.2) is 22.8 Å². The lowest BCUT2D eigenvalue weighted by atomic mass is 9.43. The Morgan fingerprint density at radius 1 is 0.968 bits per heavy atom. The molecule has 1 heteroatoms. The van der Waals surface area contributed by atoms with Gasteiger partial charge in [0.1, 0.15) is 0 Å². The van der Waals surface area contributed by atoms with Gasteiger partial charge in [-0.1, -0.05) is 64.3 Å². The lowest BCUT2D eigenvalue weighted by molar-refractivity contribution is -0.0962. The maximum Gasteiger partial charge on any atom is 0.0594 e. The van der Waals surface area contributed by atoms with Crippen LogP contribution in [-0.4, -0.2) is 11.2 Å². The molecule has 4 aliphatic carbocycles. The number of fused-ring (bicyclic) bond motifs is 4. The van der Waals surface area contributed by atoms with Crippen LogP contribution in [0.5, 0.6) is 0 Å². The zero-order chi connectivity index (χ0) is 22.8. The molecule has 0 unspecified atom stereocenters. The Balaban J connectivity index is 1.65. The molecule has 0 radical (unpaired) electrons. The Morgan fingerprint density at radius 2 is 1.68 bits per heavy atom. The summed E-state index contributed by atoms with van der Waals surface area (Å²) in [6, 6.07) is 0. The van der Waals surface area contributed by atoms with Crippen molar-refractivity contribution in [1.82, 2.24) is 0 Å². The quantitative estimate of drug-likeness (QED) is 0.447. The van der Waals surface area contributed by atoms with E-state index in [1.165, 1.54) is 63.4 Å². The van der Waals surface area contributed by atoms with E-state index in [1.54, 1.807) is 0 Å². The first kappa shape index (κ1) is 23.6. The summed E-state index contributed by atoms with van der Waals surface area (Å²) in [6.07, 6.45) is 15.2. The molecule has 0 aromatic carbocycles. The molecule has 0 spiro atoms. The predicted molar refractivity (Wildman–Crippen MR) is 133 cm³/mol. The summed E-state index contributed by atoms with van der Waals surface area (Å²) in [4.78, 5) is 0. The molecule has 0 bridgehead atoms. The minimum Gasteiger partial charge on any atom is -0.393 e. The van der Waals surface area contributed by atoms with Crippen LogP contribution >= 0.6 is 0 Å². The molecule has 0 aromatic rings. The molecule has 4 aliphatic rings. The summed E-state index contributed by atoms with van der Waals surface area (Å²) < 4.78 is 0. The van der Waals surface area contributed by atoms with Crippen molar-refractivity contribution in [2.24, 2.45) is 39.4 Å². The van der Waals surface area contributed by atoms with E-state index in [0.717, 1.165) is 18.3 Å². The van der Waals surface area contributed by atoms with Gasteiger partial charge in [-0.05, 0) is 117 Å². The minimum atomic E-state index is -0.130. The van der Waals surface area contributed by atoms with E-state index in [0.29, 0.717) is 22.2 Å². The largest absolute Gasteiger partial charge is 0.393 e. The van der Waals surface area contributed by atoms with Gasteiger partial charge in [-0.25, -0.2) is 0 Å². The average molecular weight is 427 g/mol. The van der Waals surface area contributed by atoms with E-state index in [4.69, 9.17) is 0 Å². The van der Waals surface area contributed by atoms with E-state index < -0.39 is 0 Å². The Bertz CT molecular complexity index is 767. The van der Waals surface area contributed by atoms with Gasteiger partial charge in [0.15, 0.2) is 0 Å². The van der Waals surface area contributed by atoms with Gasteiger partial charge < -0.3 is 5.11 Å². The van der Waals surface area contributed by atoms with Crippen LogP contribution in [0.4, 0.5) is 0 Å². The Labute approximate surface area is 193 Å². The molecule has 4 rings (SSSR count). The van der Waals surface area contributed by atoms with Crippen molar-refractivity contribution in [3.8, 4) is 0 Å². The zero-order valence-electron chi connectivity index (χ0n) is 21.9. The second-order valence-electron chi connectivity index (χ2n) is 13.6. The van der Waals surface area contributed by atoms with Crippen LogP contribution in [0.3, 0.4) is 0 Å². The molecule has 0 saturated heterocycles. The van der Waals surface area contributed by atoms with E-state index in [9.17, 15) is 5.11 Å². The number of hydrogen-bond acceptors (Lipinski definition) is 1. The van der Waals surface area contributed by atoms with Crippen molar-refractivity contribution >= 4 is 0 Å². The molecule has 1 N–H and O–H groups in total. The molecule has 0 aromatic heterocycles. The highest BCUT2D eigenvalue weighted by Crippen LogP contribution is 2.72. The van der Waals surface area contributed by atoms with Gasteiger partial charge >= 0.3 is 0 Å². The molecule has 176 valence electrons. The van der Waals surface area contributed by atoms with Crippen molar-refractivity contribution in [3.63, 3.8) is 0 Å². The van der Waals surface area contributed by atoms with Crippen LogP contribution in [-0.2, 0) is 0 Å². The number of allylic oxidation sites excluding steroid dienone is 4. The smallest absolute Gasteiger partial charge is 0.0594 e. The van der Waals surface area contributed by atoms with Crippen molar-refractivity contribution in [2.75, 3.05) is 0 Å². The van der Waals surface area contributed by atoms with Crippen molar-refractivity contribution in [1.29, 1.82) is 0 Å². The average Bonchev–Trinajstić information content (AvgIpc) is 2.96. The first-order valence-corrected chi connectivity index (χ1v) is 13.4. The van der Waals surface area contributed by atoms with Gasteiger partial charge in [-0.3, -0.25) is 0 Å². The summed E-state index contributed by atoms with van der Waals surface area (Å²) in [5, 5.41) is 10.8. The molecule has 0 heterocycles. The fraction of sp³-hybridized carbons (Fsp3) is 0.867. The van der Waals surface area contributed by atoms with E-state index in [-0.39, 0.29) is 11.5 Å². The van der Waals surface area contributed by atoms with Gasteiger partial charge in [0.05, 0.1) is 6.10 Å². The van der Waals surface area contributed by atoms with E-state index in [1.807, 2.05) is 11.1 Å². The molecule has 0 aliphatic heterocycles. The number of hydrogen-bond donors (Lipinski definition) is 1. The van der Waals surface area contributed by atoms with Crippen LogP contribution < -0.4 is 0 Å². The third-order valence-electron chi connectivity index (χ3n) is 11.7. The van der Waals surface area contributed by atoms with Crippen LogP contribution in [0.25, 0.3) is 0 Å². The first-order chi connectivity index (χ1) is 14.4. The highest BCUT2D eigenvalue weighted by molar-refractivity contribution is 5.38. The first-order valence-electron chi connectivity index (χ1n) is 13.4. The number of aliphatic hydroxyl groups is 1. The van der Waals surface area contributed by atoms with E-state index in [2.05, 4.69) is 61.5 Å². The van der Waals surface area contributed by atoms with Crippen molar-refractivity contribution in [3.05, 3.63) is 22.8 Å². The molecule has 2 saturated carbocycles. The Morgan fingerprint density at radius 3 is 2.35 bits per heavy atom. The highest BCUT2D eigenvalue weighted by atomic mass is 16.3. The molecule has 7 atom stereocenters. The van der Waals surface area contributed by atoms with Gasteiger partial charge in [-0.2, -0.15) is 0 Å². The molecule has 31 heavy (non-hydrogen) atoms. The topological polar surface area (TPSA) is 20.2 Å². The molecule has 0 amide bonds. The number of aliphatic hydroxyl groups excluding tert-OH is 1. The third kappa shape index (κ3) is 3.34. The lowest BCUT2D eigenvalue weighted by Crippen LogP contribution is -2.55. The fourth-order valence-electron chi connectivity index (χ4n) is 9.47. The van der Waals surface area contributed by atoms with Gasteiger partial charge in [0, 0.05) is 0 Å². The summed E-state index contributed by atoms with van der Waals surface area (Å²) in [5.74, 6) is 2.32. The maximum atomic E-state index is 10.8. The molecule has 2 fully saturated rings. The standard InChI is InChI=1S/C30H50O/c1-20(2)10-9-11-21(3)22-14-18-30(8)24-12-13-25-27(4,5)26(31)16-17-28(25,6)23(24)15-19-29(22,30)7/h10,21-22,25-26,31H,9,11-19H2,1-8H3/t21-,22-,25-,26-,28+,29-,30+/m0/s1. The highest BCUT2D eigenvalue weighted by Gasteiger charge is 2.63. The van der Waals surface area contributed by atoms with Crippen LogP contribution in [0.1, 0.15) is 120 Å². The second-order valence-corrected chi connectivity index (χ2v) is 13.6. The molecule has 1 nitrogen and oxygen atoms in total. The summed E-state index contributed by atoms with van der Waals surface area (Å²) in [6.45, 7) is 19.6. The Kier molecular flexibility index (Phi) is 5.90. The maximum absolute atomic E-state index is 10.8. The Hall–Kier alpha value is -0.560. The minimum absolute atomic E-state index is 0.0465. The van der Waals surface area contributed by atoms with Crippen LogP contribution in [0.2, 0.25) is 0 Å².